The first kappa shape index (κ1) is 16.4. The van der Waals surface area contributed by atoms with E-state index >= 15 is 0 Å². The van der Waals surface area contributed by atoms with Gasteiger partial charge in [-0.25, -0.2) is 4.79 Å². The number of methoxy groups -OCH3 is 2. The molecule has 2 rings (SSSR count). The van der Waals surface area contributed by atoms with E-state index in [1.54, 1.807) is 0 Å². The Morgan fingerprint density at radius 2 is 1.86 bits per heavy atom. The molecule has 1 aromatic rings. The Morgan fingerprint density at radius 3 is 2.41 bits per heavy atom. The molecule has 1 aliphatic heterocycles. The molecule has 1 saturated heterocycles. The Bertz CT molecular complexity index is 591. The number of aliphatic carboxylic acids is 1. The van der Waals surface area contributed by atoms with Gasteiger partial charge in [-0.2, -0.15) is 0 Å². The lowest BCUT2D eigenvalue weighted by atomic mass is 10.2. The fraction of sp³-hybridized carbons (Fsp3) is 0.429. The molecule has 0 unspecified atom stereocenters. The smallest absolute Gasteiger partial charge is 0.332 e. The lowest BCUT2D eigenvalue weighted by Crippen LogP contribution is -2.30. The van der Waals surface area contributed by atoms with Crippen LogP contribution in [-0.4, -0.2) is 43.4 Å². The minimum Gasteiger partial charge on any atom is -0.495 e. The van der Waals surface area contributed by atoms with Crippen molar-refractivity contribution >= 4 is 29.2 Å². The number of amides is 1. The van der Waals surface area contributed by atoms with Gasteiger partial charge in [0.25, 0.3) is 5.91 Å². The van der Waals surface area contributed by atoms with Gasteiger partial charge in [0.05, 0.1) is 24.9 Å². The van der Waals surface area contributed by atoms with Gasteiger partial charge in [0.1, 0.15) is 17.6 Å². The molecule has 1 amide bonds. The van der Waals surface area contributed by atoms with Gasteiger partial charge < -0.3 is 24.6 Å². The maximum absolute atomic E-state index is 12.2. The fourth-order valence-corrected chi connectivity index (χ4v) is 2.41. The monoisotopic (exact) mass is 329 g/mol. The van der Waals surface area contributed by atoms with Gasteiger partial charge >= 0.3 is 5.97 Å². The third-order valence-corrected chi connectivity index (χ3v) is 3.61. The van der Waals surface area contributed by atoms with Crippen LogP contribution >= 0.6 is 11.6 Å². The number of carbonyl (C=O) groups is 2. The summed E-state index contributed by atoms with van der Waals surface area (Å²) in [6, 6.07) is 3.05. The van der Waals surface area contributed by atoms with Gasteiger partial charge in [-0.3, -0.25) is 4.79 Å². The van der Waals surface area contributed by atoms with E-state index in [1.807, 2.05) is 0 Å². The van der Waals surface area contributed by atoms with E-state index in [-0.39, 0.29) is 0 Å². The predicted octanol–water partition coefficient (Wildman–Crippen LogP) is 1.93. The van der Waals surface area contributed by atoms with E-state index in [4.69, 9.17) is 30.9 Å². The average Bonchev–Trinajstić information content (AvgIpc) is 2.98. The Kier molecular flexibility index (Phi) is 5.10. The lowest BCUT2D eigenvalue weighted by molar-refractivity contribution is -0.150. The zero-order valence-corrected chi connectivity index (χ0v) is 12.8. The normalized spacial score (nSPS) is 20.5. The molecule has 7 nitrogen and oxygen atoms in total. The van der Waals surface area contributed by atoms with Crippen molar-refractivity contribution in [3.8, 4) is 11.5 Å². The van der Waals surface area contributed by atoms with Crippen LogP contribution in [0.2, 0.25) is 5.02 Å². The third-order valence-electron chi connectivity index (χ3n) is 3.32. The highest BCUT2D eigenvalue weighted by molar-refractivity contribution is 6.32. The molecule has 8 heteroatoms. The number of anilines is 1. The molecule has 1 heterocycles. The molecular formula is C14H16ClNO6. The summed E-state index contributed by atoms with van der Waals surface area (Å²) < 4.78 is 15.5. The highest BCUT2D eigenvalue weighted by atomic mass is 35.5. The largest absolute Gasteiger partial charge is 0.495 e. The minimum absolute atomic E-state index is 0.300. The summed E-state index contributed by atoms with van der Waals surface area (Å²) >= 11 is 5.99. The van der Waals surface area contributed by atoms with E-state index in [9.17, 15) is 9.59 Å². The van der Waals surface area contributed by atoms with Crippen LogP contribution in [0.15, 0.2) is 12.1 Å². The molecule has 0 spiro atoms. The number of nitrogens with one attached hydrogen (secondary N) is 1. The van der Waals surface area contributed by atoms with Crippen LogP contribution < -0.4 is 14.8 Å². The highest BCUT2D eigenvalue weighted by Gasteiger charge is 2.35. The van der Waals surface area contributed by atoms with Gasteiger partial charge in [-0.15, -0.1) is 0 Å². The summed E-state index contributed by atoms with van der Waals surface area (Å²) in [5.41, 5.74) is 0.371. The topological polar surface area (TPSA) is 94.1 Å². The van der Waals surface area contributed by atoms with Crippen molar-refractivity contribution in [1.82, 2.24) is 0 Å². The van der Waals surface area contributed by atoms with E-state index in [0.29, 0.717) is 35.1 Å². The predicted molar refractivity (Wildman–Crippen MR) is 78.7 cm³/mol. The second kappa shape index (κ2) is 6.85. The Balaban J connectivity index is 2.13. The van der Waals surface area contributed by atoms with Crippen molar-refractivity contribution in [3.63, 3.8) is 0 Å². The molecule has 22 heavy (non-hydrogen) atoms. The highest BCUT2D eigenvalue weighted by Crippen LogP contribution is 2.36. The minimum atomic E-state index is -1.07. The van der Waals surface area contributed by atoms with Gasteiger partial charge in [-0.05, 0) is 12.8 Å². The van der Waals surface area contributed by atoms with Crippen LogP contribution in [0.3, 0.4) is 0 Å². The molecule has 2 N–H and O–H groups in total. The summed E-state index contributed by atoms with van der Waals surface area (Å²) in [5.74, 6) is -0.757. The maximum atomic E-state index is 12.2. The molecule has 0 radical (unpaired) electrons. The van der Waals surface area contributed by atoms with Crippen molar-refractivity contribution in [1.29, 1.82) is 0 Å². The van der Waals surface area contributed by atoms with Crippen LogP contribution in [0.4, 0.5) is 5.69 Å². The fourth-order valence-electron chi connectivity index (χ4n) is 2.18. The molecule has 0 bridgehead atoms. The van der Waals surface area contributed by atoms with Crippen LogP contribution in [0.5, 0.6) is 11.5 Å². The Morgan fingerprint density at radius 1 is 1.23 bits per heavy atom. The number of benzene rings is 1. The van der Waals surface area contributed by atoms with Crippen LogP contribution in [0, 0.1) is 0 Å². The summed E-state index contributed by atoms with van der Waals surface area (Å²) in [6.45, 7) is 0. The summed E-state index contributed by atoms with van der Waals surface area (Å²) in [4.78, 5) is 23.0. The number of carboxylic acids is 1. The summed E-state index contributed by atoms with van der Waals surface area (Å²) in [6.07, 6.45) is -1.12. The van der Waals surface area contributed by atoms with Crippen molar-refractivity contribution in [2.24, 2.45) is 0 Å². The van der Waals surface area contributed by atoms with Crippen LogP contribution in [0.1, 0.15) is 12.8 Å². The van der Waals surface area contributed by atoms with Gasteiger partial charge in [0, 0.05) is 12.1 Å². The number of carbonyl (C=O) groups excluding carboxylic acids is 1. The number of hydrogen-bond acceptors (Lipinski definition) is 5. The molecule has 1 aliphatic rings. The zero-order valence-electron chi connectivity index (χ0n) is 12.1. The number of halogens is 1. The SMILES string of the molecule is COc1cc(NC(=O)[C@@H]2CC[C@H](C(=O)O)O2)c(OC)cc1Cl. The van der Waals surface area contributed by atoms with Crippen molar-refractivity contribution in [3.05, 3.63) is 17.2 Å². The quantitative estimate of drug-likeness (QED) is 0.857. The number of hydrogen-bond donors (Lipinski definition) is 2. The number of ether oxygens (including phenoxy) is 3. The molecule has 0 aliphatic carbocycles. The van der Waals surface area contributed by atoms with E-state index < -0.39 is 24.1 Å². The lowest BCUT2D eigenvalue weighted by Gasteiger charge is -2.15. The Hall–Kier alpha value is -1.99. The number of carboxylic acid groups (broad SMARTS) is 1. The summed E-state index contributed by atoms with van der Waals surface area (Å²) in [5, 5.41) is 11.9. The second-order valence-corrected chi connectivity index (χ2v) is 5.11. The van der Waals surface area contributed by atoms with Crippen molar-refractivity contribution < 1.29 is 28.9 Å². The van der Waals surface area contributed by atoms with Crippen LogP contribution in [0.25, 0.3) is 0 Å². The van der Waals surface area contributed by atoms with Gasteiger partial charge in [-0.1, -0.05) is 11.6 Å². The zero-order chi connectivity index (χ0) is 16.3. The molecule has 1 fully saturated rings. The molecule has 1 aromatic carbocycles. The van der Waals surface area contributed by atoms with E-state index in [2.05, 4.69) is 5.32 Å². The molecule has 120 valence electrons. The second-order valence-electron chi connectivity index (χ2n) is 4.71. The first-order valence-electron chi connectivity index (χ1n) is 6.57. The molecule has 0 aromatic heterocycles. The molecule has 2 atom stereocenters. The van der Waals surface area contributed by atoms with Gasteiger partial charge in [0.2, 0.25) is 0 Å². The first-order chi connectivity index (χ1) is 10.5. The van der Waals surface area contributed by atoms with Crippen molar-refractivity contribution in [2.45, 2.75) is 25.0 Å². The standard InChI is InChI=1S/C14H16ClNO6/c1-20-11-6-8(12(21-2)5-7(11)15)16-13(17)9-3-4-10(22-9)14(18)19/h5-6,9-10H,3-4H2,1-2H3,(H,16,17)(H,18,19)/t9-,10+/m0/s1. The number of rotatable bonds is 5. The molecular weight excluding hydrogens is 314 g/mol. The van der Waals surface area contributed by atoms with E-state index in [1.165, 1.54) is 26.4 Å². The van der Waals surface area contributed by atoms with Gasteiger partial charge in [0.15, 0.2) is 6.10 Å². The third kappa shape index (κ3) is 3.42. The van der Waals surface area contributed by atoms with E-state index in [0.717, 1.165) is 0 Å². The van der Waals surface area contributed by atoms with Crippen molar-refractivity contribution in [2.75, 3.05) is 19.5 Å². The average molecular weight is 330 g/mol. The maximum Gasteiger partial charge on any atom is 0.332 e. The first-order valence-corrected chi connectivity index (χ1v) is 6.94. The summed E-state index contributed by atoms with van der Waals surface area (Å²) in [7, 11) is 2.90. The Labute approximate surface area is 132 Å². The van der Waals surface area contributed by atoms with Crippen LogP contribution in [-0.2, 0) is 14.3 Å². The molecule has 0 saturated carbocycles.